The monoisotopic (exact) mass is 984 g/mol. The molecular formula is C72H44N2O3. The SMILES string of the molecule is c1ccc(-c2ccc3c(c2)c2cc(Oc4ccc5c(c4)c4cc(-c6ccccc6)ccc4n5-c4ccc(-c5cccc6c5oc5ccccc56)cc4)ccc2n3-c2ccc(-c3cccc4c3oc3ccccc34)cc2)cc1. The fourth-order valence-corrected chi connectivity index (χ4v) is 12.0. The zero-order valence-corrected chi connectivity index (χ0v) is 41.5. The summed E-state index contributed by atoms with van der Waals surface area (Å²) < 4.78 is 24.6. The molecule has 360 valence electrons. The maximum Gasteiger partial charge on any atom is 0.143 e. The van der Waals surface area contributed by atoms with Gasteiger partial charge in [-0.15, -0.1) is 0 Å². The van der Waals surface area contributed by atoms with Crippen LogP contribution in [0.4, 0.5) is 0 Å². The van der Waals surface area contributed by atoms with Crippen molar-refractivity contribution in [3.05, 3.63) is 267 Å². The Hall–Kier alpha value is -10.4. The summed E-state index contributed by atoms with van der Waals surface area (Å²) in [4.78, 5) is 0. The molecule has 0 radical (unpaired) electrons. The highest BCUT2D eigenvalue weighted by Crippen LogP contribution is 2.43. The van der Waals surface area contributed by atoms with E-state index in [4.69, 9.17) is 13.6 Å². The lowest BCUT2D eigenvalue weighted by molar-refractivity contribution is 0.484. The Morgan fingerprint density at radius 2 is 0.610 bits per heavy atom. The lowest BCUT2D eigenvalue weighted by Crippen LogP contribution is -1.94. The lowest BCUT2D eigenvalue weighted by Gasteiger charge is -2.11. The smallest absolute Gasteiger partial charge is 0.143 e. The van der Waals surface area contributed by atoms with Gasteiger partial charge in [-0.05, 0) is 130 Å². The second-order valence-electron chi connectivity index (χ2n) is 20.0. The number of rotatable bonds is 8. The van der Waals surface area contributed by atoms with E-state index < -0.39 is 0 Å². The van der Waals surface area contributed by atoms with Crippen LogP contribution in [0.5, 0.6) is 11.5 Å². The minimum Gasteiger partial charge on any atom is -0.457 e. The highest BCUT2D eigenvalue weighted by atomic mass is 16.5. The van der Waals surface area contributed by atoms with Gasteiger partial charge >= 0.3 is 0 Å². The van der Waals surface area contributed by atoms with Crippen LogP contribution in [0.15, 0.2) is 276 Å². The Labute approximate surface area is 442 Å². The summed E-state index contributed by atoms with van der Waals surface area (Å²) in [6.45, 7) is 0. The molecule has 5 nitrogen and oxygen atoms in total. The minimum absolute atomic E-state index is 0.763. The van der Waals surface area contributed by atoms with Gasteiger partial charge in [0.1, 0.15) is 33.8 Å². The highest BCUT2D eigenvalue weighted by Gasteiger charge is 2.20. The van der Waals surface area contributed by atoms with E-state index in [0.29, 0.717) is 0 Å². The van der Waals surface area contributed by atoms with Gasteiger partial charge in [-0.1, -0.05) is 170 Å². The molecule has 0 aliphatic rings. The topological polar surface area (TPSA) is 45.4 Å². The zero-order chi connectivity index (χ0) is 50.6. The summed E-state index contributed by atoms with van der Waals surface area (Å²) in [6, 6.07) is 94.9. The number of hydrogen-bond donors (Lipinski definition) is 0. The third-order valence-electron chi connectivity index (χ3n) is 15.6. The molecule has 77 heavy (non-hydrogen) atoms. The normalized spacial score (nSPS) is 11.9. The average molecular weight is 985 g/mol. The van der Waals surface area contributed by atoms with E-state index in [1.165, 1.54) is 11.1 Å². The summed E-state index contributed by atoms with van der Waals surface area (Å²) in [7, 11) is 0. The largest absolute Gasteiger partial charge is 0.457 e. The minimum atomic E-state index is 0.763. The second kappa shape index (κ2) is 17.1. The fourth-order valence-electron chi connectivity index (χ4n) is 12.0. The summed E-state index contributed by atoms with van der Waals surface area (Å²) in [5.74, 6) is 1.53. The van der Waals surface area contributed by atoms with Gasteiger partial charge in [0, 0.05) is 65.6 Å². The molecule has 0 aliphatic carbocycles. The van der Waals surface area contributed by atoms with Gasteiger partial charge in [0.05, 0.1) is 22.1 Å². The Morgan fingerprint density at radius 3 is 1.05 bits per heavy atom. The first kappa shape index (κ1) is 43.1. The Bertz CT molecular complexity index is 4670. The van der Waals surface area contributed by atoms with Crippen molar-refractivity contribution in [2.45, 2.75) is 0 Å². The molecule has 0 N–H and O–H groups in total. The van der Waals surface area contributed by atoms with Gasteiger partial charge in [-0.3, -0.25) is 0 Å². The fraction of sp³-hybridized carbons (Fsp3) is 0. The van der Waals surface area contributed by atoms with Crippen LogP contribution in [0.25, 0.3) is 143 Å². The van der Waals surface area contributed by atoms with E-state index >= 15 is 0 Å². The van der Waals surface area contributed by atoms with E-state index in [-0.39, 0.29) is 0 Å². The quantitative estimate of drug-likeness (QED) is 0.152. The maximum absolute atomic E-state index is 6.96. The van der Waals surface area contributed by atoms with Crippen molar-refractivity contribution in [2.75, 3.05) is 0 Å². The van der Waals surface area contributed by atoms with Crippen LogP contribution in [0.1, 0.15) is 0 Å². The number of ether oxygens (including phenoxy) is 1. The molecule has 0 atom stereocenters. The van der Waals surface area contributed by atoms with Crippen molar-refractivity contribution in [3.8, 4) is 67.4 Å². The first-order chi connectivity index (χ1) is 38.1. The molecule has 0 amide bonds. The number of para-hydroxylation sites is 4. The summed E-state index contributed by atoms with van der Waals surface area (Å²) >= 11 is 0. The Balaban J connectivity index is 0.797. The zero-order valence-electron chi connectivity index (χ0n) is 41.5. The van der Waals surface area contributed by atoms with Gasteiger partial charge in [0.25, 0.3) is 0 Å². The van der Waals surface area contributed by atoms with Crippen molar-refractivity contribution >= 4 is 87.5 Å². The molecule has 4 heterocycles. The Kier molecular flexibility index (Phi) is 9.57. The molecule has 5 heteroatoms. The molecule has 0 aliphatic heterocycles. The molecule has 0 saturated heterocycles. The predicted molar refractivity (Wildman–Crippen MR) is 318 cm³/mol. The average Bonchev–Trinajstić information content (AvgIpc) is 4.42. The summed E-state index contributed by atoms with van der Waals surface area (Å²) in [6.07, 6.45) is 0. The van der Waals surface area contributed by atoms with Crippen molar-refractivity contribution in [1.82, 2.24) is 9.13 Å². The van der Waals surface area contributed by atoms with E-state index in [0.717, 1.165) is 144 Å². The summed E-state index contributed by atoms with van der Waals surface area (Å²) in [5, 5.41) is 9.01. The number of furan rings is 2. The van der Waals surface area contributed by atoms with Crippen LogP contribution >= 0.6 is 0 Å². The standard InChI is InChI=1S/C72H44N2O3/c1-3-13-45(14-4-1)49-29-37-65-61(41-49)63-43-53(35-39-67(63)73(65)51-31-25-47(26-32-51)55-19-11-21-59-57-17-7-9-23-69(57)76-71(55)59)75-54-36-40-68-64(44-54)62-42-50(46-15-5-2-6-16-46)30-38-66(62)74(68)52-33-27-48(28-34-52)56-20-12-22-60-58-18-8-10-24-70(58)77-72(56)60/h1-44H. The van der Waals surface area contributed by atoms with Crippen molar-refractivity contribution < 1.29 is 13.6 Å². The lowest BCUT2D eigenvalue weighted by atomic mass is 10.0. The number of hydrogen-bond acceptors (Lipinski definition) is 3. The molecule has 4 aromatic heterocycles. The third kappa shape index (κ3) is 6.95. The molecule has 12 aromatic carbocycles. The predicted octanol–water partition coefficient (Wildman–Crippen LogP) is 20.1. The molecule has 0 saturated carbocycles. The van der Waals surface area contributed by atoms with Crippen LogP contribution < -0.4 is 4.74 Å². The van der Waals surface area contributed by atoms with Gasteiger partial charge in [-0.25, -0.2) is 0 Å². The third-order valence-corrected chi connectivity index (χ3v) is 15.6. The van der Waals surface area contributed by atoms with Gasteiger partial charge < -0.3 is 22.7 Å². The molecule has 16 aromatic rings. The van der Waals surface area contributed by atoms with Crippen LogP contribution in [-0.4, -0.2) is 9.13 Å². The van der Waals surface area contributed by atoms with Crippen molar-refractivity contribution in [2.24, 2.45) is 0 Å². The number of aromatic nitrogens is 2. The highest BCUT2D eigenvalue weighted by molar-refractivity contribution is 6.14. The van der Waals surface area contributed by atoms with Crippen molar-refractivity contribution in [3.63, 3.8) is 0 Å². The van der Waals surface area contributed by atoms with E-state index in [2.05, 4.69) is 252 Å². The number of benzene rings is 12. The molecule has 0 fully saturated rings. The molecule has 0 bridgehead atoms. The van der Waals surface area contributed by atoms with Crippen LogP contribution in [0.3, 0.4) is 0 Å². The van der Waals surface area contributed by atoms with Gasteiger partial charge in [0.2, 0.25) is 0 Å². The number of fused-ring (bicyclic) bond motifs is 12. The number of nitrogens with zero attached hydrogens (tertiary/aromatic N) is 2. The summed E-state index contributed by atoms with van der Waals surface area (Å²) in [5.41, 5.74) is 19.2. The molecular weight excluding hydrogens is 941 g/mol. The second-order valence-corrected chi connectivity index (χ2v) is 20.0. The first-order valence-electron chi connectivity index (χ1n) is 26.1. The van der Waals surface area contributed by atoms with E-state index in [9.17, 15) is 0 Å². The maximum atomic E-state index is 6.96. The van der Waals surface area contributed by atoms with Crippen molar-refractivity contribution in [1.29, 1.82) is 0 Å². The van der Waals surface area contributed by atoms with Gasteiger partial charge in [0.15, 0.2) is 0 Å². The van der Waals surface area contributed by atoms with Crippen LogP contribution in [-0.2, 0) is 0 Å². The van der Waals surface area contributed by atoms with E-state index in [1.54, 1.807) is 0 Å². The first-order valence-corrected chi connectivity index (χ1v) is 26.1. The molecule has 0 spiro atoms. The Morgan fingerprint density at radius 1 is 0.247 bits per heavy atom. The van der Waals surface area contributed by atoms with Crippen LogP contribution in [0, 0.1) is 0 Å². The molecule has 0 unspecified atom stereocenters. The van der Waals surface area contributed by atoms with E-state index in [1.807, 2.05) is 24.3 Å². The van der Waals surface area contributed by atoms with Gasteiger partial charge in [-0.2, -0.15) is 0 Å². The van der Waals surface area contributed by atoms with Crippen LogP contribution in [0.2, 0.25) is 0 Å². The molecule has 16 rings (SSSR count).